The second-order valence-corrected chi connectivity index (χ2v) is 13.3. The van der Waals surface area contributed by atoms with Gasteiger partial charge in [0.25, 0.3) is 0 Å². The molecule has 0 saturated carbocycles. The van der Waals surface area contributed by atoms with Crippen LogP contribution in [-0.2, 0) is 4.79 Å². The Labute approximate surface area is 286 Å². The number of nitrogens with one attached hydrogen (secondary N) is 1. The largest absolute Gasteiger partial charge is 0.394 e. The Morgan fingerprint density at radius 2 is 0.891 bits per heavy atom. The average Bonchev–Trinajstić information content (AvgIpc) is 3.06. The highest BCUT2D eigenvalue weighted by molar-refractivity contribution is 5.76. The Kier molecular flexibility index (Phi) is 36.4. The normalized spacial score (nSPS) is 13.6. The van der Waals surface area contributed by atoms with Gasteiger partial charge in [-0.15, -0.1) is 0 Å². The van der Waals surface area contributed by atoms with Crippen molar-refractivity contribution in [2.75, 3.05) is 6.61 Å². The molecule has 0 aromatic heterocycles. The first-order valence-corrected chi connectivity index (χ1v) is 19.9. The third-order valence-electron chi connectivity index (χ3n) is 8.81. The topological polar surface area (TPSA) is 69.6 Å². The Morgan fingerprint density at radius 1 is 0.522 bits per heavy atom. The second kappa shape index (κ2) is 37.8. The average molecular weight is 644 g/mol. The lowest BCUT2D eigenvalue weighted by Gasteiger charge is -2.20. The third kappa shape index (κ3) is 33.7. The first-order valence-electron chi connectivity index (χ1n) is 19.9. The number of carbonyl (C=O) groups is 1. The van der Waals surface area contributed by atoms with Crippen molar-refractivity contribution < 1.29 is 15.0 Å². The van der Waals surface area contributed by atoms with Gasteiger partial charge in [-0.25, -0.2) is 0 Å². The molecule has 0 aromatic rings. The Balaban J connectivity index is 3.65. The van der Waals surface area contributed by atoms with Gasteiger partial charge in [-0.2, -0.15) is 0 Å². The molecule has 0 radical (unpaired) electrons. The quantitative estimate of drug-likeness (QED) is 0.0475. The van der Waals surface area contributed by atoms with Crippen LogP contribution in [0.3, 0.4) is 0 Å². The summed E-state index contributed by atoms with van der Waals surface area (Å²) in [5, 5.41) is 22.9. The number of hydrogen-bond acceptors (Lipinski definition) is 3. The van der Waals surface area contributed by atoms with Crippen LogP contribution in [0.5, 0.6) is 0 Å². The standard InChI is InChI=1S/C42H77NO3/c1-3-5-7-9-11-13-15-17-19-20-21-22-24-26-28-30-32-34-36-38-42(46)43-40(39-44)41(45)37-35-33-31-29-27-25-23-18-16-14-12-10-8-6-4-2/h11,13,17,19,21-22,35,37,40-41,44-45H,3-10,12,14-16,18,20,23-34,36,38-39H2,1-2H3,(H,43,46)/b13-11-,19-17-,22-21-,37-35+. The summed E-state index contributed by atoms with van der Waals surface area (Å²) < 4.78 is 0. The molecule has 0 rings (SSSR count). The van der Waals surface area contributed by atoms with Crippen LogP contribution in [-0.4, -0.2) is 34.9 Å². The van der Waals surface area contributed by atoms with E-state index in [4.69, 9.17) is 0 Å². The molecule has 0 aliphatic heterocycles. The Bertz CT molecular complexity index is 741. The van der Waals surface area contributed by atoms with Gasteiger partial charge in [0, 0.05) is 6.42 Å². The van der Waals surface area contributed by atoms with Gasteiger partial charge in [0.2, 0.25) is 5.91 Å². The fourth-order valence-corrected chi connectivity index (χ4v) is 5.71. The van der Waals surface area contributed by atoms with Gasteiger partial charge >= 0.3 is 0 Å². The zero-order valence-corrected chi connectivity index (χ0v) is 30.6. The van der Waals surface area contributed by atoms with E-state index in [-0.39, 0.29) is 12.5 Å². The van der Waals surface area contributed by atoms with E-state index in [0.717, 1.165) is 51.4 Å². The number of rotatable bonds is 35. The zero-order chi connectivity index (χ0) is 33.6. The fraction of sp³-hybridized carbons (Fsp3) is 0.786. The number of carbonyl (C=O) groups excluding carboxylic acids is 1. The molecule has 4 nitrogen and oxygen atoms in total. The van der Waals surface area contributed by atoms with Gasteiger partial charge in [0.15, 0.2) is 0 Å². The molecular weight excluding hydrogens is 566 g/mol. The van der Waals surface area contributed by atoms with Crippen LogP contribution < -0.4 is 5.32 Å². The number of unbranched alkanes of at least 4 members (excludes halogenated alkanes) is 22. The number of allylic oxidation sites excluding steroid dienone is 7. The summed E-state index contributed by atoms with van der Waals surface area (Å²) in [6, 6.07) is -0.629. The molecule has 0 bridgehead atoms. The monoisotopic (exact) mass is 644 g/mol. The van der Waals surface area contributed by atoms with E-state index in [0.29, 0.717) is 6.42 Å². The molecular formula is C42H77NO3. The number of hydrogen-bond donors (Lipinski definition) is 3. The van der Waals surface area contributed by atoms with Crippen LogP contribution in [0.15, 0.2) is 48.6 Å². The Hall–Kier alpha value is -1.65. The number of aliphatic hydroxyl groups is 2. The van der Waals surface area contributed by atoms with Gasteiger partial charge in [-0.3, -0.25) is 4.79 Å². The molecule has 3 N–H and O–H groups in total. The molecule has 0 spiro atoms. The van der Waals surface area contributed by atoms with Gasteiger partial charge in [-0.05, 0) is 57.8 Å². The van der Waals surface area contributed by atoms with Gasteiger partial charge in [0.05, 0.1) is 18.8 Å². The summed E-state index contributed by atoms with van der Waals surface area (Å²) in [5.41, 5.74) is 0. The van der Waals surface area contributed by atoms with E-state index in [1.807, 2.05) is 6.08 Å². The van der Waals surface area contributed by atoms with Crippen LogP contribution in [0.4, 0.5) is 0 Å². The molecule has 0 heterocycles. The lowest BCUT2D eigenvalue weighted by molar-refractivity contribution is -0.123. The highest BCUT2D eigenvalue weighted by Gasteiger charge is 2.17. The minimum atomic E-state index is -0.844. The number of aliphatic hydroxyl groups excluding tert-OH is 2. The summed E-state index contributed by atoms with van der Waals surface area (Å²) in [4.78, 5) is 12.3. The lowest BCUT2D eigenvalue weighted by Crippen LogP contribution is -2.45. The van der Waals surface area contributed by atoms with Crippen molar-refractivity contribution in [1.29, 1.82) is 0 Å². The first kappa shape index (κ1) is 44.4. The van der Waals surface area contributed by atoms with Crippen molar-refractivity contribution in [3.63, 3.8) is 0 Å². The van der Waals surface area contributed by atoms with Gasteiger partial charge < -0.3 is 15.5 Å². The highest BCUT2D eigenvalue weighted by Crippen LogP contribution is 2.14. The molecule has 268 valence electrons. The van der Waals surface area contributed by atoms with Crippen molar-refractivity contribution in [3.8, 4) is 0 Å². The van der Waals surface area contributed by atoms with E-state index < -0.39 is 12.1 Å². The van der Waals surface area contributed by atoms with Crippen molar-refractivity contribution in [2.24, 2.45) is 0 Å². The maximum absolute atomic E-state index is 12.3. The van der Waals surface area contributed by atoms with Crippen molar-refractivity contribution >= 4 is 5.91 Å². The number of amides is 1. The van der Waals surface area contributed by atoms with E-state index >= 15 is 0 Å². The molecule has 2 unspecified atom stereocenters. The molecule has 4 heteroatoms. The maximum atomic E-state index is 12.3. The molecule has 46 heavy (non-hydrogen) atoms. The van der Waals surface area contributed by atoms with Gasteiger partial charge in [0.1, 0.15) is 0 Å². The van der Waals surface area contributed by atoms with Crippen LogP contribution in [0.1, 0.15) is 194 Å². The van der Waals surface area contributed by atoms with Crippen molar-refractivity contribution in [1.82, 2.24) is 5.32 Å². The van der Waals surface area contributed by atoms with Crippen molar-refractivity contribution in [3.05, 3.63) is 48.6 Å². The maximum Gasteiger partial charge on any atom is 0.220 e. The molecule has 1 amide bonds. The molecule has 0 saturated heterocycles. The fourth-order valence-electron chi connectivity index (χ4n) is 5.71. The summed E-state index contributed by atoms with van der Waals surface area (Å²) >= 11 is 0. The van der Waals surface area contributed by atoms with Crippen LogP contribution in [0, 0.1) is 0 Å². The minimum Gasteiger partial charge on any atom is -0.394 e. The van der Waals surface area contributed by atoms with Crippen LogP contribution in [0.25, 0.3) is 0 Å². The first-order chi connectivity index (χ1) is 22.7. The molecule has 0 aromatic carbocycles. The molecule has 0 aliphatic rings. The van der Waals surface area contributed by atoms with E-state index in [9.17, 15) is 15.0 Å². The molecule has 0 fully saturated rings. The Morgan fingerprint density at radius 3 is 1.37 bits per heavy atom. The van der Waals surface area contributed by atoms with E-state index in [1.165, 1.54) is 122 Å². The van der Waals surface area contributed by atoms with E-state index in [1.54, 1.807) is 6.08 Å². The SMILES string of the molecule is CCCCC/C=C\C/C=C\C/C=C\CCCCCCCCC(=O)NC(CO)C(O)/C=C/CCCCCCCCCCCCCCC. The van der Waals surface area contributed by atoms with E-state index in [2.05, 4.69) is 55.6 Å². The summed E-state index contributed by atoms with van der Waals surface area (Å²) in [6.07, 6.45) is 50.5. The predicted molar refractivity (Wildman–Crippen MR) is 202 cm³/mol. The van der Waals surface area contributed by atoms with Crippen molar-refractivity contribution in [2.45, 2.75) is 206 Å². The summed E-state index contributed by atoms with van der Waals surface area (Å²) in [5.74, 6) is -0.0785. The highest BCUT2D eigenvalue weighted by atomic mass is 16.3. The van der Waals surface area contributed by atoms with Crippen LogP contribution in [0.2, 0.25) is 0 Å². The summed E-state index contributed by atoms with van der Waals surface area (Å²) in [6.45, 7) is 4.27. The zero-order valence-electron chi connectivity index (χ0n) is 30.6. The molecule has 2 atom stereocenters. The minimum absolute atomic E-state index is 0.0785. The smallest absolute Gasteiger partial charge is 0.220 e. The second-order valence-electron chi connectivity index (χ2n) is 13.3. The molecule has 0 aliphatic carbocycles. The third-order valence-corrected chi connectivity index (χ3v) is 8.81. The van der Waals surface area contributed by atoms with Gasteiger partial charge in [-0.1, -0.05) is 178 Å². The van der Waals surface area contributed by atoms with Crippen LogP contribution >= 0.6 is 0 Å². The predicted octanol–water partition coefficient (Wildman–Crippen LogP) is 12.0. The lowest BCUT2D eigenvalue weighted by atomic mass is 10.0. The summed E-state index contributed by atoms with van der Waals surface area (Å²) in [7, 11) is 0.